The molecule has 0 saturated heterocycles. The van der Waals surface area contributed by atoms with Gasteiger partial charge in [-0.15, -0.1) is 0 Å². The number of benzene rings is 2. The van der Waals surface area contributed by atoms with Crippen molar-refractivity contribution in [2.75, 3.05) is 0 Å². The van der Waals surface area contributed by atoms with Gasteiger partial charge in [0.1, 0.15) is 11.5 Å². The Morgan fingerprint density at radius 3 is 1.44 bits per heavy atom. The van der Waals surface area contributed by atoms with Crippen LogP contribution in [0.1, 0.15) is 0 Å². The molecule has 0 saturated carbocycles. The molecule has 0 aliphatic carbocycles. The molecule has 4 heteroatoms. The number of hydrogen-bond donors (Lipinski definition) is 0. The fraction of sp³-hybridized carbons (Fsp3) is 0. The highest BCUT2D eigenvalue weighted by Crippen LogP contribution is 2.12. The molecular formula is C12H10BO3-. The molecule has 16 heavy (non-hydrogen) atoms. The summed E-state index contributed by atoms with van der Waals surface area (Å²) in [4.78, 5) is 0. The Kier molecular flexibility index (Phi) is 3.46. The molecule has 2 rings (SSSR count). The van der Waals surface area contributed by atoms with E-state index in [9.17, 15) is 5.02 Å². The van der Waals surface area contributed by atoms with Crippen LogP contribution in [0.3, 0.4) is 0 Å². The fourth-order valence-electron chi connectivity index (χ4n) is 1.24. The lowest BCUT2D eigenvalue weighted by Crippen LogP contribution is -2.43. The van der Waals surface area contributed by atoms with Crippen LogP contribution in [0.5, 0.6) is 11.5 Å². The van der Waals surface area contributed by atoms with Crippen LogP contribution in [0.25, 0.3) is 0 Å². The lowest BCUT2D eigenvalue weighted by atomic mass is 10.2. The van der Waals surface area contributed by atoms with Gasteiger partial charge in [-0.2, -0.15) is 0 Å². The molecule has 0 amide bonds. The summed E-state index contributed by atoms with van der Waals surface area (Å²) in [5.41, 5.74) is 0. The summed E-state index contributed by atoms with van der Waals surface area (Å²) in [7, 11) is -1.55. The van der Waals surface area contributed by atoms with Gasteiger partial charge in [0.15, 0.2) is 0 Å². The van der Waals surface area contributed by atoms with E-state index in [0.717, 1.165) is 0 Å². The molecule has 0 spiro atoms. The van der Waals surface area contributed by atoms with Crippen LogP contribution >= 0.6 is 0 Å². The van der Waals surface area contributed by atoms with Gasteiger partial charge in [-0.1, -0.05) is 36.4 Å². The highest BCUT2D eigenvalue weighted by molar-refractivity contribution is 6.34. The molecule has 0 N–H and O–H groups in total. The minimum absolute atomic E-state index is 0.499. The van der Waals surface area contributed by atoms with Gasteiger partial charge in [0.2, 0.25) is 0 Å². The summed E-state index contributed by atoms with van der Waals surface area (Å²) < 4.78 is 10.1. The zero-order valence-electron chi connectivity index (χ0n) is 8.58. The molecule has 0 aliphatic rings. The van der Waals surface area contributed by atoms with Crippen LogP contribution in [0.15, 0.2) is 60.7 Å². The average Bonchev–Trinajstić information content (AvgIpc) is 2.31. The number of para-hydroxylation sites is 2. The zero-order valence-corrected chi connectivity index (χ0v) is 8.58. The van der Waals surface area contributed by atoms with Gasteiger partial charge < -0.3 is 14.3 Å². The van der Waals surface area contributed by atoms with Crippen molar-refractivity contribution in [2.45, 2.75) is 0 Å². The van der Waals surface area contributed by atoms with Gasteiger partial charge >= 0.3 is 7.32 Å². The maximum absolute atomic E-state index is 11.4. The van der Waals surface area contributed by atoms with Crippen molar-refractivity contribution >= 4 is 7.32 Å². The summed E-state index contributed by atoms with van der Waals surface area (Å²) in [6.07, 6.45) is 0. The Morgan fingerprint density at radius 2 is 1.06 bits per heavy atom. The molecule has 0 heterocycles. The first kappa shape index (κ1) is 10.6. The van der Waals surface area contributed by atoms with Gasteiger partial charge in [0.05, 0.1) is 0 Å². The fourth-order valence-corrected chi connectivity index (χ4v) is 1.24. The zero-order chi connectivity index (χ0) is 11.2. The second-order valence-electron chi connectivity index (χ2n) is 3.15. The summed E-state index contributed by atoms with van der Waals surface area (Å²) in [6.45, 7) is 0. The first-order chi connectivity index (χ1) is 7.84. The highest BCUT2D eigenvalue weighted by Gasteiger charge is 2.05. The van der Waals surface area contributed by atoms with Crippen LogP contribution in [-0.4, -0.2) is 7.32 Å². The Labute approximate surface area is 94.4 Å². The second-order valence-corrected chi connectivity index (χ2v) is 3.15. The maximum atomic E-state index is 11.4. The van der Waals surface area contributed by atoms with E-state index < -0.39 is 7.32 Å². The molecule has 0 aromatic heterocycles. The molecule has 0 aliphatic heterocycles. The Morgan fingerprint density at radius 1 is 0.688 bits per heavy atom. The summed E-state index contributed by atoms with van der Waals surface area (Å²) in [5, 5.41) is 11.4. The van der Waals surface area contributed by atoms with Crippen molar-refractivity contribution in [1.29, 1.82) is 0 Å². The Hall–Kier alpha value is -1.94. The van der Waals surface area contributed by atoms with E-state index in [2.05, 4.69) is 0 Å². The average molecular weight is 213 g/mol. The van der Waals surface area contributed by atoms with Crippen molar-refractivity contribution in [2.24, 2.45) is 0 Å². The predicted octanol–water partition coefficient (Wildman–Crippen LogP) is 1.49. The molecule has 80 valence electrons. The van der Waals surface area contributed by atoms with Crippen molar-refractivity contribution < 1.29 is 14.3 Å². The van der Waals surface area contributed by atoms with Crippen molar-refractivity contribution in [3.8, 4) is 11.5 Å². The lowest BCUT2D eigenvalue weighted by Gasteiger charge is -2.20. The molecule has 0 unspecified atom stereocenters. The van der Waals surface area contributed by atoms with Crippen LogP contribution < -0.4 is 14.3 Å². The molecule has 2 aromatic rings. The number of hydrogen-bond acceptors (Lipinski definition) is 3. The first-order valence-corrected chi connectivity index (χ1v) is 4.94. The largest absolute Gasteiger partial charge is 0.808 e. The molecule has 0 bridgehead atoms. The van der Waals surface area contributed by atoms with E-state index in [1.807, 2.05) is 12.1 Å². The molecule has 0 fully saturated rings. The molecule has 0 atom stereocenters. The smallest absolute Gasteiger partial charge is 0.492 e. The molecule has 2 aromatic carbocycles. The quantitative estimate of drug-likeness (QED) is 0.722. The van der Waals surface area contributed by atoms with Crippen LogP contribution in [0.4, 0.5) is 0 Å². The monoisotopic (exact) mass is 213 g/mol. The topological polar surface area (TPSA) is 41.5 Å². The lowest BCUT2D eigenvalue weighted by molar-refractivity contribution is -0.235. The van der Waals surface area contributed by atoms with Gasteiger partial charge in [-0.25, -0.2) is 0 Å². The van der Waals surface area contributed by atoms with Crippen LogP contribution in [0.2, 0.25) is 0 Å². The molecule has 3 nitrogen and oxygen atoms in total. The minimum atomic E-state index is -1.55. The standard InChI is InChI=1S/C12H10BO3/c14-13(15-11-7-3-1-4-8-11)16-12-9-5-2-6-10-12/h1-10H/q-1. The van der Waals surface area contributed by atoms with Gasteiger partial charge in [-0.05, 0) is 24.3 Å². The van der Waals surface area contributed by atoms with E-state index in [4.69, 9.17) is 9.31 Å². The van der Waals surface area contributed by atoms with Crippen molar-refractivity contribution in [3.05, 3.63) is 60.7 Å². The molecular weight excluding hydrogens is 203 g/mol. The highest BCUT2D eigenvalue weighted by atomic mass is 16.7. The predicted molar refractivity (Wildman–Crippen MR) is 59.9 cm³/mol. The second kappa shape index (κ2) is 5.23. The summed E-state index contributed by atoms with van der Waals surface area (Å²) >= 11 is 0. The minimum Gasteiger partial charge on any atom is -0.808 e. The third-order valence-corrected chi connectivity index (χ3v) is 1.95. The van der Waals surface area contributed by atoms with E-state index in [1.54, 1.807) is 48.5 Å². The van der Waals surface area contributed by atoms with Gasteiger partial charge in [0.25, 0.3) is 0 Å². The maximum Gasteiger partial charge on any atom is 0.492 e. The SMILES string of the molecule is [O-]B(Oc1ccccc1)Oc1ccccc1. The van der Waals surface area contributed by atoms with Crippen molar-refractivity contribution in [1.82, 2.24) is 0 Å². The van der Waals surface area contributed by atoms with Crippen molar-refractivity contribution in [3.63, 3.8) is 0 Å². The third-order valence-electron chi connectivity index (χ3n) is 1.95. The van der Waals surface area contributed by atoms with E-state index >= 15 is 0 Å². The van der Waals surface area contributed by atoms with E-state index in [1.165, 1.54) is 0 Å². The van der Waals surface area contributed by atoms with Gasteiger partial charge in [0, 0.05) is 0 Å². The normalized spacial score (nSPS) is 9.56. The third kappa shape index (κ3) is 3.03. The Bertz CT molecular complexity index is 377. The Balaban J connectivity index is 1.92. The van der Waals surface area contributed by atoms with Crippen LogP contribution in [0, 0.1) is 0 Å². The van der Waals surface area contributed by atoms with Crippen LogP contribution in [-0.2, 0) is 0 Å². The summed E-state index contributed by atoms with van der Waals surface area (Å²) in [5.74, 6) is 0.997. The first-order valence-electron chi connectivity index (χ1n) is 4.94. The number of rotatable bonds is 4. The molecule has 0 radical (unpaired) electrons. The van der Waals surface area contributed by atoms with E-state index in [0.29, 0.717) is 11.5 Å². The van der Waals surface area contributed by atoms with Gasteiger partial charge in [-0.3, -0.25) is 0 Å². The summed E-state index contributed by atoms with van der Waals surface area (Å²) in [6, 6.07) is 17.7. The van der Waals surface area contributed by atoms with E-state index in [-0.39, 0.29) is 0 Å².